The lowest BCUT2D eigenvalue weighted by Crippen LogP contribution is -2.35. The topological polar surface area (TPSA) is 83.5 Å². The second-order valence-corrected chi connectivity index (χ2v) is 6.14. The monoisotopic (exact) mass is 301 g/mol. The molecule has 1 amide bonds. The fourth-order valence-electron chi connectivity index (χ4n) is 1.65. The number of carboxylic acid groups (broad SMARTS) is 1. The van der Waals surface area contributed by atoms with Gasteiger partial charge in [0.15, 0.2) is 0 Å². The molecule has 0 aliphatic heterocycles. The zero-order chi connectivity index (χ0) is 15.3. The summed E-state index contributed by atoms with van der Waals surface area (Å²) in [5.74, 6) is -2.94. The first-order chi connectivity index (χ1) is 9.31. The van der Waals surface area contributed by atoms with E-state index >= 15 is 0 Å². The van der Waals surface area contributed by atoms with Gasteiger partial charge < -0.3 is 10.4 Å². The minimum atomic E-state index is -1.81. The summed E-state index contributed by atoms with van der Waals surface area (Å²) in [4.78, 5) is 22.7. The highest BCUT2D eigenvalue weighted by Gasteiger charge is 2.29. The minimum Gasteiger partial charge on any atom is -0.480 e. The summed E-state index contributed by atoms with van der Waals surface area (Å²) >= 11 is 0. The van der Waals surface area contributed by atoms with Gasteiger partial charge in [0, 0.05) is 16.5 Å². The molecular weight excluding hydrogens is 285 g/mol. The molecule has 0 aliphatic carbocycles. The van der Waals surface area contributed by atoms with Gasteiger partial charge in [-0.05, 0) is 30.2 Å². The number of anilines is 1. The highest BCUT2D eigenvalue weighted by molar-refractivity contribution is 7.87. The Labute approximate surface area is 118 Å². The molecule has 20 heavy (non-hydrogen) atoms. The molecule has 1 rings (SSSR count). The van der Waals surface area contributed by atoms with E-state index in [1.165, 1.54) is 24.3 Å². The van der Waals surface area contributed by atoms with Gasteiger partial charge in [0.2, 0.25) is 5.91 Å². The van der Waals surface area contributed by atoms with Gasteiger partial charge in [0.1, 0.15) is 16.8 Å². The first kappa shape index (κ1) is 16.3. The molecule has 0 spiro atoms. The van der Waals surface area contributed by atoms with Gasteiger partial charge in [-0.25, -0.2) is 4.39 Å². The van der Waals surface area contributed by atoms with Crippen molar-refractivity contribution in [2.75, 3.05) is 11.1 Å². The van der Waals surface area contributed by atoms with Crippen molar-refractivity contribution in [3.8, 4) is 0 Å². The van der Waals surface area contributed by atoms with Crippen LogP contribution in [-0.2, 0) is 20.4 Å². The molecule has 110 valence electrons. The van der Waals surface area contributed by atoms with Gasteiger partial charge in [-0.1, -0.05) is 13.8 Å². The normalized spacial score (nSPS) is 13.8. The average molecular weight is 301 g/mol. The quantitative estimate of drug-likeness (QED) is 0.836. The Balaban J connectivity index is 2.63. The summed E-state index contributed by atoms with van der Waals surface area (Å²) in [5, 5.41) is 10.3. The Hall–Kier alpha value is -1.76. The molecular formula is C13H16FNO4S. The predicted octanol–water partition coefficient (Wildman–Crippen LogP) is 1.62. The molecule has 0 bridgehead atoms. The van der Waals surface area contributed by atoms with E-state index in [1.807, 2.05) is 0 Å². The van der Waals surface area contributed by atoms with Crippen LogP contribution in [0.25, 0.3) is 0 Å². The van der Waals surface area contributed by atoms with Crippen LogP contribution in [-0.4, -0.2) is 32.2 Å². The minimum absolute atomic E-state index is 0.341. The molecule has 0 saturated heterocycles. The lowest BCUT2D eigenvalue weighted by Gasteiger charge is -2.15. The third-order valence-corrected chi connectivity index (χ3v) is 4.39. The second-order valence-electron chi connectivity index (χ2n) is 4.58. The number of benzene rings is 1. The highest BCUT2D eigenvalue weighted by atomic mass is 32.2. The number of halogens is 1. The summed E-state index contributed by atoms with van der Waals surface area (Å²) in [6.07, 6.45) is 0. The maximum Gasteiger partial charge on any atom is 0.319 e. The molecule has 7 heteroatoms. The molecule has 0 heterocycles. The molecule has 2 unspecified atom stereocenters. The number of rotatable bonds is 6. The van der Waals surface area contributed by atoms with Crippen molar-refractivity contribution < 1.29 is 23.3 Å². The number of hydrogen-bond acceptors (Lipinski definition) is 3. The fourth-order valence-corrected chi connectivity index (χ4v) is 2.99. The van der Waals surface area contributed by atoms with Crippen molar-refractivity contribution in [2.45, 2.75) is 19.1 Å². The van der Waals surface area contributed by atoms with Crippen LogP contribution in [0.3, 0.4) is 0 Å². The van der Waals surface area contributed by atoms with Crippen LogP contribution in [0, 0.1) is 11.7 Å². The molecule has 0 radical (unpaired) electrons. The predicted molar refractivity (Wildman–Crippen MR) is 74.3 cm³/mol. The van der Waals surface area contributed by atoms with E-state index in [0.717, 1.165) is 0 Å². The van der Waals surface area contributed by atoms with Crippen LogP contribution in [0.2, 0.25) is 0 Å². The first-order valence-corrected chi connectivity index (χ1v) is 7.35. The Morgan fingerprint density at radius 1 is 1.30 bits per heavy atom. The summed E-state index contributed by atoms with van der Waals surface area (Å²) in [6, 6.07) is 5.10. The van der Waals surface area contributed by atoms with Crippen molar-refractivity contribution in [3.05, 3.63) is 30.1 Å². The fraction of sp³-hybridized carbons (Fsp3) is 0.385. The number of nitrogens with one attached hydrogen (secondary N) is 1. The SMILES string of the molecule is CC(C)C(C(=O)O)S(=O)CC(=O)Nc1ccc(F)cc1. The van der Waals surface area contributed by atoms with Crippen molar-refractivity contribution in [1.82, 2.24) is 0 Å². The van der Waals surface area contributed by atoms with Gasteiger partial charge in [0.25, 0.3) is 0 Å². The van der Waals surface area contributed by atoms with E-state index in [9.17, 15) is 18.2 Å². The van der Waals surface area contributed by atoms with Crippen molar-refractivity contribution in [2.24, 2.45) is 5.92 Å². The van der Waals surface area contributed by atoms with Crippen LogP contribution >= 0.6 is 0 Å². The molecule has 1 aromatic rings. The molecule has 0 fully saturated rings. The van der Waals surface area contributed by atoms with Crippen LogP contribution in [0.4, 0.5) is 10.1 Å². The summed E-state index contributed by atoms with van der Waals surface area (Å²) in [6.45, 7) is 3.27. The first-order valence-electron chi connectivity index (χ1n) is 5.96. The number of amides is 1. The Kier molecular flexibility index (Phi) is 5.82. The van der Waals surface area contributed by atoms with E-state index in [0.29, 0.717) is 5.69 Å². The van der Waals surface area contributed by atoms with E-state index < -0.39 is 39.5 Å². The molecule has 1 aromatic carbocycles. The van der Waals surface area contributed by atoms with Crippen LogP contribution in [0.1, 0.15) is 13.8 Å². The standard InChI is InChI=1S/C13H16FNO4S/c1-8(2)12(13(17)18)20(19)7-11(16)15-10-5-3-9(14)4-6-10/h3-6,8,12H,7H2,1-2H3,(H,15,16)(H,17,18). The summed E-state index contributed by atoms with van der Waals surface area (Å²) in [7, 11) is -1.81. The number of carbonyl (C=O) groups excluding carboxylic acids is 1. The smallest absolute Gasteiger partial charge is 0.319 e. The molecule has 5 nitrogen and oxygen atoms in total. The second kappa shape index (κ2) is 7.14. The van der Waals surface area contributed by atoms with E-state index in [1.54, 1.807) is 13.8 Å². The molecule has 2 N–H and O–H groups in total. The van der Waals surface area contributed by atoms with Gasteiger partial charge in [-0.3, -0.25) is 13.8 Å². The van der Waals surface area contributed by atoms with Crippen LogP contribution < -0.4 is 5.32 Å². The van der Waals surface area contributed by atoms with Crippen LogP contribution in [0.5, 0.6) is 0 Å². The summed E-state index contributed by atoms with van der Waals surface area (Å²) < 4.78 is 24.6. The van der Waals surface area contributed by atoms with E-state index in [2.05, 4.69) is 5.32 Å². The third-order valence-electron chi connectivity index (χ3n) is 2.53. The lowest BCUT2D eigenvalue weighted by atomic mass is 10.1. The summed E-state index contributed by atoms with van der Waals surface area (Å²) in [5.41, 5.74) is 0.366. The maximum atomic E-state index is 12.7. The third kappa shape index (κ3) is 4.73. The van der Waals surface area contributed by atoms with E-state index in [-0.39, 0.29) is 5.92 Å². The van der Waals surface area contributed by atoms with Gasteiger partial charge in [-0.15, -0.1) is 0 Å². The Morgan fingerprint density at radius 2 is 1.85 bits per heavy atom. The number of carboxylic acids is 1. The van der Waals surface area contributed by atoms with Gasteiger partial charge in [0.05, 0.1) is 0 Å². The van der Waals surface area contributed by atoms with Gasteiger partial charge >= 0.3 is 5.97 Å². The van der Waals surface area contributed by atoms with Crippen molar-refractivity contribution >= 4 is 28.4 Å². The van der Waals surface area contributed by atoms with Crippen molar-refractivity contribution in [3.63, 3.8) is 0 Å². The van der Waals surface area contributed by atoms with Crippen molar-refractivity contribution in [1.29, 1.82) is 0 Å². The average Bonchev–Trinajstić information content (AvgIpc) is 2.30. The Bertz CT molecular complexity index is 516. The molecule has 0 aromatic heterocycles. The molecule has 0 saturated carbocycles. The van der Waals surface area contributed by atoms with Gasteiger partial charge in [-0.2, -0.15) is 0 Å². The zero-order valence-electron chi connectivity index (χ0n) is 11.1. The molecule has 0 aliphatic rings. The lowest BCUT2D eigenvalue weighted by molar-refractivity contribution is -0.137. The number of hydrogen-bond donors (Lipinski definition) is 2. The van der Waals surface area contributed by atoms with E-state index in [4.69, 9.17) is 5.11 Å². The largest absolute Gasteiger partial charge is 0.480 e. The zero-order valence-corrected chi connectivity index (χ0v) is 11.9. The molecule has 2 atom stereocenters. The highest BCUT2D eigenvalue weighted by Crippen LogP contribution is 2.12. The van der Waals surface area contributed by atoms with Crippen LogP contribution in [0.15, 0.2) is 24.3 Å². The Morgan fingerprint density at radius 3 is 2.30 bits per heavy atom. The number of carbonyl (C=O) groups is 2. The maximum absolute atomic E-state index is 12.7. The number of aliphatic carboxylic acids is 1.